The Balaban J connectivity index is 2.11. The zero-order chi connectivity index (χ0) is 10.8. The van der Waals surface area contributed by atoms with Crippen LogP contribution in [0.4, 0.5) is 0 Å². The number of halogens is 1. The number of likely N-dealkylation sites (tertiary alicyclic amines) is 1. The predicted octanol–water partition coefficient (Wildman–Crippen LogP) is 2.25. The maximum atomic E-state index is 11.5. The second-order valence-corrected chi connectivity index (χ2v) is 4.31. The smallest absolute Gasteiger partial charge is 0.223 e. The third-order valence-electron chi connectivity index (χ3n) is 2.74. The third kappa shape index (κ3) is 2.29. The number of amides is 1. The Hall–Kier alpha value is -1.09. The van der Waals surface area contributed by atoms with Crippen molar-refractivity contribution in [2.75, 3.05) is 0 Å². The Morgan fingerprint density at radius 1 is 1.67 bits per heavy atom. The van der Waals surface area contributed by atoms with Crippen molar-refractivity contribution >= 4 is 17.5 Å². The van der Waals surface area contributed by atoms with Crippen molar-refractivity contribution in [2.45, 2.75) is 32.4 Å². The molecule has 0 saturated carbocycles. The molecule has 1 aliphatic rings. The summed E-state index contributed by atoms with van der Waals surface area (Å²) in [7, 11) is 0. The molecular weight excluding hydrogens is 212 g/mol. The molecule has 4 heteroatoms. The summed E-state index contributed by atoms with van der Waals surface area (Å²) in [6, 6.07) is 3.86. The first-order valence-corrected chi connectivity index (χ1v) is 5.44. The van der Waals surface area contributed by atoms with Crippen LogP contribution in [-0.4, -0.2) is 21.8 Å². The molecule has 15 heavy (non-hydrogen) atoms. The molecule has 2 rings (SSSR count). The van der Waals surface area contributed by atoms with E-state index in [1.807, 2.05) is 4.90 Å². The topological polar surface area (TPSA) is 33.2 Å². The normalized spacial score (nSPS) is 21.1. The third-order valence-corrected chi connectivity index (χ3v) is 2.97. The van der Waals surface area contributed by atoms with Gasteiger partial charge in [-0.15, -0.1) is 0 Å². The van der Waals surface area contributed by atoms with E-state index in [0.717, 1.165) is 12.1 Å². The Morgan fingerprint density at radius 3 is 3.07 bits per heavy atom. The molecule has 1 amide bonds. The predicted molar refractivity (Wildman–Crippen MR) is 58.5 cm³/mol. The van der Waals surface area contributed by atoms with E-state index in [2.05, 4.69) is 11.9 Å². The highest BCUT2D eigenvalue weighted by molar-refractivity contribution is 6.30. The monoisotopic (exact) mass is 224 g/mol. The molecule has 1 aliphatic heterocycles. The van der Waals surface area contributed by atoms with Crippen LogP contribution >= 0.6 is 11.6 Å². The molecule has 0 bridgehead atoms. The lowest BCUT2D eigenvalue weighted by Gasteiger charge is -2.20. The van der Waals surface area contributed by atoms with Crippen molar-refractivity contribution in [3.05, 3.63) is 29.0 Å². The average molecular weight is 225 g/mol. The van der Waals surface area contributed by atoms with E-state index >= 15 is 0 Å². The first-order chi connectivity index (χ1) is 7.16. The zero-order valence-electron chi connectivity index (χ0n) is 8.61. The van der Waals surface area contributed by atoms with Gasteiger partial charge in [0.25, 0.3) is 0 Å². The summed E-state index contributed by atoms with van der Waals surface area (Å²) < 4.78 is 0. The van der Waals surface area contributed by atoms with Gasteiger partial charge in [0.05, 0.1) is 12.2 Å². The SMILES string of the molecule is CC1CCC(=O)N1Cc1cc(Cl)ccn1. The Labute approximate surface area is 94.1 Å². The maximum absolute atomic E-state index is 11.5. The van der Waals surface area contributed by atoms with Crippen LogP contribution in [0.2, 0.25) is 5.02 Å². The van der Waals surface area contributed by atoms with Gasteiger partial charge in [-0.2, -0.15) is 0 Å². The van der Waals surface area contributed by atoms with Crippen LogP contribution in [0.15, 0.2) is 18.3 Å². The molecule has 1 unspecified atom stereocenters. The number of nitrogens with zero attached hydrogens (tertiary/aromatic N) is 2. The summed E-state index contributed by atoms with van der Waals surface area (Å²) in [5, 5.41) is 0.666. The fourth-order valence-electron chi connectivity index (χ4n) is 1.83. The highest BCUT2D eigenvalue weighted by Gasteiger charge is 2.27. The highest BCUT2D eigenvalue weighted by atomic mass is 35.5. The van der Waals surface area contributed by atoms with Gasteiger partial charge < -0.3 is 4.90 Å². The van der Waals surface area contributed by atoms with Gasteiger partial charge in [0.15, 0.2) is 0 Å². The molecule has 0 radical (unpaired) electrons. The summed E-state index contributed by atoms with van der Waals surface area (Å²) in [5.41, 5.74) is 0.851. The molecular formula is C11H13ClN2O. The van der Waals surface area contributed by atoms with E-state index < -0.39 is 0 Å². The van der Waals surface area contributed by atoms with E-state index in [0.29, 0.717) is 24.0 Å². The van der Waals surface area contributed by atoms with Gasteiger partial charge in [0.1, 0.15) is 0 Å². The highest BCUT2D eigenvalue weighted by Crippen LogP contribution is 2.20. The Bertz CT molecular complexity index is 381. The number of aromatic nitrogens is 1. The lowest BCUT2D eigenvalue weighted by Crippen LogP contribution is -2.30. The molecule has 1 aromatic heterocycles. The standard InChI is InChI=1S/C11H13ClN2O/c1-8-2-3-11(15)14(8)7-10-6-9(12)4-5-13-10/h4-6,8H,2-3,7H2,1H3. The van der Waals surface area contributed by atoms with Crippen LogP contribution in [-0.2, 0) is 11.3 Å². The van der Waals surface area contributed by atoms with Gasteiger partial charge in [0, 0.05) is 23.7 Å². The minimum absolute atomic E-state index is 0.212. The summed E-state index contributed by atoms with van der Waals surface area (Å²) >= 11 is 5.86. The first kappa shape index (κ1) is 10.4. The van der Waals surface area contributed by atoms with Gasteiger partial charge in [-0.1, -0.05) is 11.6 Å². The molecule has 0 aliphatic carbocycles. The van der Waals surface area contributed by atoms with Crippen molar-refractivity contribution < 1.29 is 4.79 Å². The van der Waals surface area contributed by atoms with E-state index in [-0.39, 0.29) is 5.91 Å². The molecule has 0 spiro atoms. The van der Waals surface area contributed by atoms with Gasteiger partial charge in [-0.05, 0) is 25.5 Å². The molecule has 0 aromatic carbocycles. The number of pyridine rings is 1. The Kier molecular flexibility index (Phi) is 2.91. The van der Waals surface area contributed by atoms with Crippen molar-refractivity contribution in [2.24, 2.45) is 0 Å². The van der Waals surface area contributed by atoms with Crippen LogP contribution in [0.3, 0.4) is 0 Å². The fourth-order valence-corrected chi connectivity index (χ4v) is 2.01. The second kappa shape index (κ2) is 4.19. The van der Waals surface area contributed by atoms with E-state index in [4.69, 9.17) is 11.6 Å². The minimum Gasteiger partial charge on any atom is -0.334 e. The van der Waals surface area contributed by atoms with Crippen LogP contribution in [0, 0.1) is 0 Å². The minimum atomic E-state index is 0.212. The average Bonchev–Trinajstić information content (AvgIpc) is 2.50. The van der Waals surface area contributed by atoms with Crippen molar-refractivity contribution in [3.63, 3.8) is 0 Å². The number of rotatable bonds is 2. The van der Waals surface area contributed by atoms with Gasteiger partial charge in [-0.3, -0.25) is 9.78 Å². The van der Waals surface area contributed by atoms with Crippen molar-refractivity contribution in [1.82, 2.24) is 9.88 Å². The summed E-state index contributed by atoms with van der Waals surface area (Å²) in [4.78, 5) is 17.6. The van der Waals surface area contributed by atoms with Gasteiger partial charge in [0.2, 0.25) is 5.91 Å². The number of hydrogen-bond acceptors (Lipinski definition) is 2. The van der Waals surface area contributed by atoms with Crippen LogP contribution < -0.4 is 0 Å². The molecule has 2 heterocycles. The van der Waals surface area contributed by atoms with E-state index in [1.165, 1.54) is 0 Å². The van der Waals surface area contributed by atoms with Gasteiger partial charge in [-0.25, -0.2) is 0 Å². The summed E-state index contributed by atoms with van der Waals surface area (Å²) in [6.07, 6.45) is 3.27. The molecule has 0 N–H and O–H groups in total. The van der Waals surface area contributed by atoms with Gasteiger partial charge >= 0.3 is 0 Å². The van der Waals surface area contributed by atoms with Crippen LogP contribution in [0.1, 0.15) is 25.5 Å². The molecule has 3 nitrogen and oxygen atoms in total. The maximum Gasteiger partial charge on any atom is 0.223 e. The Morgan fingerprint density at radius 2 is 2.47 bits per heavy atom. The fraction of sp³-hybridized carbons (Fsp3) is 0.455. The lowest BCUT2D eigenvalue weighted by molar-refractivity contribution is -0.129. The second-order valence-electron chi connectivity index (χ2n) is 3.87. The molecule has 1 aromatic rings. The largest absolute Gasteiger partial charge is 0.334 e. The first-order valence-electron chi connectivity index (χ1n) is 5.07. The summed E-state index contributed by atoms with van der Waals surface area (Å²) in [5.74, 6) is 0.212. The van der Waals surface area contributed by atoms with E-state index in [1.54, 1.807) is 18.3 Å². The summed E-state index contributed by atoms with van der Waals surface area (Å²) in [6.45, 7) is 2.63. The van der Waals surface area contributed by atoms with E-state index in [9.17, 15) is 4.79 Å². The zero-order valence-corrected chi connectivity index (χ0v) is 9.37. The van der Waals surface area contributed by atoms with Crippen LogP contribution in [0.25, 0.3) is 0 Å². The number of hydrogen-bond donors (Lipinski definition) is 0. The lowest BCUT2D eigenvalue weighted by atomic mass is 10.2. The molecule has 1 saturated heterocycles. The molecule has 1 fully saturated rings. The quantitative estimate of drug-likeness (QED) is 0.772. The number of carbonyl (C=O) groups is 1. The number of carbonyl (C=O) groups excluding carboxylic acids is 1. The van der Waals surface area contributed by atoms with Crippen LogP contribution in [0.5, 0.6) is 0 Å². The van der Waals surface area contributed by atoms with Crippen molar-refractivity contribution in [1.29, 1.82) is 0 Å². The van der Waals surface area contributed by atoms with Crippen molar-refractivity contribution in [3.8, 4) is 0 Å². The molecule has 80 valence electrons. The molecule has 1 atom stereocenters.